The molecule has 32 heavy (non-hydrogen) atoms. The van der Waals surface area contributed by atoms with Gasteiger partial charge in [0.2, 0.25) is 0 Å². The Morgan fingerprint density at radius 2 is 1.22 bits per heavy atom. The van der Waals surface area contributed by atoms with E-state index in [9.17, 15) is 26.3 Å². The van der Waals surface area contributed by atoms with Gasteiger partial charge in [0.25, 0.3) is 0 Å². The summed E-state index contributed by atoms with van der Waals surface area (Å²) in [7, 11) is 0. The van der Waals surface area contributed by atoms with Gasteiger partial charge in [-0.1, -0.05) is 12.1 Å². The summed E-state index contributed by atoms with van der Waals surface area (Å²) in [5.74, 6) is 0. The Morgan fingerprint density at radius 3 is 1.72 bits per heavy atom. The summed E-state index contributed by atoms with van der Waals surface area (Å²) < 4.78 is 77.4. The Kier molecular flexibility index (Phi) is 7.27. The maximum absolute atomic E-state index is 12.8. The van der Waals surface area contributed by atoms with Crippen LogP contribution in [0.25, 0.3) is 5.70 Å². The molecule has 0 unspecified atom stereocenters. The monoisotopic (exact) mass is 560 g/mol. The summed E-state index contributed by atoms with van der Waals surface area (Å²) in [4.78, 5) is 4.14. The zero-order chi connectivity index (χ0) is 23.4. The molecule has 0 aliphatic carbocycles. The van der Waals surface area contributed by atoms with Crippen LogP contribution in [0.2, 0.25) is 0 Å². The molecule has 0 fully saturated rings. The summed E-state index contributed by atoms with van der Waals surface area (Å²) in [6.45, 7) is 0. The summed E-state index contributed by atoms with van der Waals surface area (Å²) in [6.07, 6.45) is -5.85. The van der Waals surface area contributed by atoms with Gasteiger partial charge in [-0.05, 0) is 94.9 Å². The van der Waals surface area contributed by atoms with Crippen LogP contribution in [-0.2, 0) is 12.4 Å². The Hall–Kier alpha value is -2.82. The molecule has 0 bridgehead atoms. The van der Waals surface area contributed by atoms with E-state index in [0.717, 1.165) is 33.4 Å². The molecule has 166 valence electrons. The van der Waals surface area contributed by atoms with Gasteiger partial charge in [0, 0.05) is 21.2 Å². The number of anilines is 1. The quantitative estimate of drug-likeness (QED) is 0.190. The van der Waals surface area contributed by atoms with Crippen LogP contribution in [0.4, 0.5) is 37.7 Å². The number of aliphatic imine (C=N–C) groups is 1. The molecule has 3 rings (SSSR count). The average molecular weight is 560 g/mol. The highest BCUT2D eigenvalue weighted by Gasteiger charge is 2.30. The normalized spacial score (nSPS) is 12.9. The molecule has 0 atom stereocenters. The van der Waals surface area contributed by atoms with Crippen LogP contribution >= 0.6 is 22.6 Å². The van der Waals surface area contributed by atoms with Gasteiger partial charge in [-0.2, -0.15) is 26.3 Å². The highest BCUT2D eigenvalue weighted by atomic mass is 127. The lowest BCUT2D eigenvalue weighted by Gasteiger charge is -2.13. The molecule has 0 radical (unpaired) electrons. The molecule has 0 saturated heterocycles. The Labute approximate surface area is 193 Å². The second-order valence-corrected chi connectivity index (χ2v) is 7.86. The molecule has 0 aliphatic heterocycles. The van der Waals surface area contributed by atoms with Crippen LogP contribution in [0.5, 0.6) is 0 Å². The van der Waals surface area contributed by atoms with E-state index in [1.54, 1.807) is 6.08 Å². The fourth-order valence-corrected chi connectivity index (χ4v) is 3.03. The van der Waals surface area contributed by atoms with E-state index < -0.39 is 23.5 Å². The molecule has 0 spiro atoms. The predicted octanol–water partition coefficient (Wildman–Crippen LogP) is 8.18. The fourth-order valence-electron chi connectivity index (χ4n) is 2.67. The number of hydrogen-bond acceptors (Lipinski definition) is 2. The number of nitrogens with one attached hydrogen (secondary N) is 1. The Morgan fingerprint density at radius 1 is 0.719 bits per heavy atom. The van der Waals surface area contributed by atoms with Gasteiger partial charge in [-0.15, -0.1) is 0 Å². The molecule has 2 nitrogen and oxygen atoms in total. The number of benzene rings is 3. The van der Waals surface area contributed by atoms with E-state index in [0.29, 0.717) is 17.1 Å². The summed E-state index contributed by atoms with van der Waals surface area (Å²) in [5.41, 5.74) is 0.541. The lowest BCUT2D eigenvalue weighted by Crippen LogP contribution is -2.05. The van der Waals surface area contributed by atoms with Crippen LogP contribution in [0.15, 0.2) is 83.9 Å². The molecule has 0 aliphatic rings. The van der Waals surface area contributed by atoms with Crippen LogP contribution in [-0.4, -0.2) is 6.21 Å². The number of halogens is 7. The van der Waals surface area contributed by atoms with Crippen molar-refractivity contribution in [2.24, 2.45) is 4.99 Å². The van der Waals surface area contributed by atoms with Crippen molar-refractivity contribution in [3.63, 3.8) is 0 Å². The topological polar surface area (TPSA) is 24.4 Å². The lowest BCUT2D eigenvalue weighted by atomic mass is 10.1. The Balaban J connectivity index is 1.85. The third-order valence-electron chi connectivity index (χ3n) is 4.31. The lowest BCUT2D eigenvalue weighted by molar-refractivity contribution is -0.138. The first-order valence-electron chi connectivity index (χ1n) is 9.14. The van der Waals surface area contributed by atoms with Crippen molar-refractivity contribution in [3.05, 3.63) is 99.1 Å². The predicted molar refractivity (Wildman–Crippen MR) is 122 cm³/mol. The minimum Gasteiger partial charge on any atom is -0.355 e. The van der Waals surface area contributed by atoms with Gasteiger partial charge in [0.05, 0.1) is 16.8 Å². The summed E-state index contributed by atoms with van der Waals surface area (Å²) in [5, 5.41) is 3.06. The van der Waals surface area contributed by atoms with Gasteiger partial charge in [-0.3, -0.25) is 4.99 Å². The van der Waals surface area contributed by atoms with E-state index in [-0.39, 0.29) is 0 Å². The maximum atomic E-state index is 12.8. The van der Waals surface area contributed by atoms with Crippen LogP contribution in [0.3, 0.4) is 0 Å². The standard InChI is InChI=1S/C23H15F6IN2/c24-22(25,26)16-3-9-19(10-4-16)31-14-13-21(15-1-7-18(30)8-2-15)32-20-11-5-17(6-12-20)23(27,28)29/h1-14,32H. The number of alkyl halides is 6. The molecular weight excluding hydrogens is 545 g/mol. The first-order chi connectivity index (χ1) is 15.0. The maximum Gasteiger partial charge on any atom is 0.416 e. The van der Waals surface area contributed by atoms with Crippen LogP contribution in [0.1, 0.15) is 16.7 Å². The highest BCUT2D eigenvalue weighted by molar-refractivity contribution is 14.1. The zero-order valence-electron chi connectivity index (χ0n) is 16.2. The smallest absolute Gasteiger partial charge is 0.355 e. The van der Waals surface area contributed by atoms with E-state index >= 15 is 0 Å². The summed E-state index contributed by atoms with van der Waals surface area (Å²) >= 11 is 2.15. The largest absolute Gasteiger partial charge is 0.416 e. The molecule has 0 amide bonds. The number of hydrogen-bond donors (Lipinski definition) is 1. The molecule has 0 heterocycles. The third kappa shape index (κ3) is 6.59. The van der Waals surface area contributed by atoms with Crippen molar-refractivity contribution in [2.75, 3.05) is 5.32 Å². The first kappa shape index (κ1) is 23.8. The van der Waals surface area contributed by atoms with Gasteiger partial charge in [0.15, 0.2) is 0 Å². The van der Waals surface area contributed by atoms with E-state index in [1.807, 2.05) is 24.3 Å². The van der Waals surface area contributed by atoms with Crippen LogP contribution in [0, 0.1) is 3.57 Å². The molecule has 3 aromatic rings. The van der Waals surface area contributed by atoms with Crippen molar-refractivity contribution in [1.82, 2.24) is 0 Å². The fraction of sp³-hybridized carbons (Fsp3) is 0.0870. The van der Waals surface area contributed by atoms with Crippen molar-refractivity contribution >= 4 is 45.9 Å². The van der Waals surface area contributed by atoms with E-state index in [4.69, 9.17) is 0 Å². The molecule has 0 saturated carbocycles. The van der Waals surface area contributed by atoms with Crippen molar-refractivity contribution in [3.8, 4) is 0 Å². The zero-order valence-corrected chi connectivity index (χ0v) is 18.3. The molecule has 1 N–H and O–H groups in total. The SMILES string of the molecule is FC(F)(F)c1ccc(N=CC=C(Nc2ccc(C(F)(F)F)cc2)c2ccc(I)cc2)cc1. The van der Waals surface area contributed by atoms with E-state index in [2.05, 4.69) is 32.9 Å². The van der Waals surface area contributed by atoms with E-state index in [1.165, 1.54) is 30.5 Å². The van der Waals surface area contributed by atoms with Gasteiger partial charge >= 0.3 is 12.4 Å². The summed E-state index contributed by atoms with van der Waals surface area (Å²) in [6, 6.07) is 16.4. The molecular formula is C23H15F6IN2. The minimum absolute atomic E-state index is 0.325. The number of allylic oxidation sites excluding steroid dienone is 1. The molecule has 0 aromatic heterocycles. The molecule has 9 heteroatoms. The molecule has 3 aromatic carbocycles. The number of rotatable bonds is 5. The first-order valence-corrected chi connectivity index (χ1v) is 10.2. The third-order valence-corrected chi connectivity index (χ3v) is 5.03. The Bertz CT molecular complexity index is 1100. The van der Waals surface area contributed by atoms with Gasteiger partial charge in [-0.25, -0.2) is 0 Å². The highest BCUT2D eigenvalue weighted by Crippen LogP contribution is 2.31. The average Bonchev–Trinajstić information content (AvgIpc) is 2.73. The van der Waals surface area contributed by atoms with Crippen molar-refractivity contribution in [2.45, 2.75) is 12.4 Å². The van der Waals surface area contributed by atoms with Crippen molar-refractivity contribution in [1.29, 1.82) is 0 Å². The minimum atomic E-state index is -4.43. The van der Waals surface area contributed by atoms with Gasteiger partial charge < -0.3 is 5.32 Å². The second-order valence-electron chi connectivity index (χ2n) is 6.61. The van der Waals surface area contributed by atoms with Gasteiger partial charge in [0.1, 0.15) is 0 Å². The second kappa shape index (κ2) is 9.76. The van der Waals surface area contributed by atoms with Crippen molar-refractivity contribution < 1.29 is 26.3 Å². The number of nitrogens with zero attached hydrogens (tertiary/aromatic N) is 1. The van der Waals surface area contributed by atoms with Crippen LogP contribution < -0.4 is 5.32 Å².